The van der Waals surface area contributed by atoms with Gasteiger partial charge in [-0.05, 0) is 54.4 Å². The fourth-order valence-electron chi connectivity index (χ4n) is 2.74. The van der Waals surface area contributed by atoms with E-state index in [1.807, 2.05) is 19.1 Å². The van der Waals surface area contributed by atoms with E-state index >= 15 is 0 Å². The van der Waals surface area contributed by atoms with Crippen molar-refractivity contribution in [3.05, 3.63) is 59.7 Å². The van der Waals surface area contributed by atoms with Gasteiger partial charge in [-0.25, -0.2) is 0 Å². The SMILES string of the molecule is C/C(=N/Nc1ccc(C(=O)[O-])cc1)c1ccc(OCC(=O)N2CCOCC2)cc1. The number of rotatable bonds is 7. The summed E-state index contributed by atoms with van der Waals surface area (Å²) >= 11 is 0. The molecule has 0 unspecified atom stereocenters. The molecule has 8 heteroatoms. The highest BCUT2D eigenvalue weighted by molar-refractivity contribution is 5.99. The number of ether oxygens (including phenoxy) is 2. The Morgan fingerprint density at radius 2 is 1.69 bits per heavy atom. The summed E-state index contributed by atoms with van der Waals surface area (Å²) in [4.78, 5) is 24.6. The minimum Gasteiger partial charge on any atom is -0.545 e. The Hall–Kier alpha value is -3.39. The van der Waals surface area contributed by atoms with Gasteiger partial charge in [0.1, 0.15) is 5.75 Å². The van der Waals surface area contributed by atoms with Crippen molar-refractivity contribution in [2.24, 2.45) is 5.10 Å². The Kier molecular flexibility index (Phi) is 6.80. The van der Waals surface area contributed by atoms with Crippen molar-refractivity contribution in [1.29, 1.82) is 0 Å². The third kappa shape index (κ3) is 5.79. The second-order valence-electron chi connectivity index (χ2n) is 6.48. The van der Waals surface area contributed by atoms with Crippen molar-refractivity contribution in [2.75, 3.05) is 38.3 Å². The number of carboxylic acids is 1. The number of hydrazone groups is 1. The molecule has 1 aliphatic heterocycles. The maximum atomic E-state index is 12.1. The lowest BCUT2D eigenvalue weighted by molar-refractivity contribution is -0.255. The summed E-state index contributed by atoms with van der Waals surface area (Å²) in [6, 6.07) is 13.4. The minimum atomic E-state index is -1.22. The zero-order valence-corrected chi connectivity index (χ0v) is 16.1. The molecule has 2 aromatic carbocycles. The largest absolute Gasteiger partial charge is 0.545 e. The number of nitrogens with zero attached hydrogens (tertiary/aromatic N) is 2. The van der Waals surface area contributed by atoms with E-state index in [0.29, 0.717) is 37.7 Å². The molecule has 1 amide bonds. The Labute approximate surface area is 168 Å². The Balaban J connectivity index is 1.52. The highest BCUT2D eigenvalue weighted by Gasteiger charge is 2.17. The topological polar surface area (TPSA) is 103 Å². The number of nitrogens with one attached hydrogen (secondary N) is 1. The number of hydrogen-bond acceptors (Lipinski definition) is 7. The number of amides is 1. The van der Waals surface area contributed by atoms with Crippen LogP contribution in [0.1, 0.15) is 22.8 Å². The van der Waals surface area contributed by atoms with E-state index in [2.05, 4.69) is 10.5 Å². The molecule has 0 radical (unpaired) electrons. The smallest absolute Gasteiger partial charge is 0.260 e. The standard InChI is InChI=1S/C21H23N3O5/c1-15(22-23-18-6-2-17(3-7-18)21(26)27)16-4-8-19(9-5-16)29-14-20(25)24-10-12-28-13-11-24/h2-9,23H,10-14H2,1H3,(H,26,27)/p-1/b22-15-. The summed E-state index contributed by atoms with van der Waals surface area (Å²) < 4.78 is 10.8. The molecule has 1 N–H and O–H groups in total. The Bertz CT molecular complexity index is 872. The highest BCUT2D eigenvalue weighted by Crippen LogP contribution is 2.14. The molecular weight excluding hydrogens is 374 g/mol. The quantitative estimate of drug-likeness (QED) is 0.556. The van der Waals surface area contributed by atoms with Gasteiger partial charge in [0.2, 0.25) is 0 Å². The van der Waals surface area contributed by atoms with Gasteiger partial charge < -0.3 is 24.3 Å². The van der Waals surface area contributed by atoms with Crippen LogP contribution >= 0.6 is 0 Å². The minimum absolute atomic E-state index is 0.00414. The lowest BCUT2D eigenvalue weighted by Gasteiger charge is -2.26. The van der Waals surface area contributed by atoms with Crippen molar-refractivity contribution in [1.82, 2.24) is 4.90 Å². The zero-order chi connectivity index (χ0) is 20.6. The molecular formula is C21H22N3O5-. The molecule has 0 bridgehead atoms. The van der Waals surface area contributed by atoms with Gasteiger partial charge in [0.05, 0.1) is 30.6 Å². The van der Waals surface area contributed by atoms with Gasteiger partial charge in [-0.15, -0.1) is 0 Å². The third-order valence-corrected chi connectivity index (χ3v) is 4.47. The van der Waals surface area contributed by atoms with Crippen LogP contribution in [0.5, 0.6) is 5.75 Å². The number of carboxylic acid groups (broad SMARTS) is 1. The molecule has 3 rings (SSSR count). The van der Waals surface area contributed by atoms with E-state index in [4.69, 9.17) is 9.47 Å². The summed E-state index contributed by atoms with van der Waals surface area (Å²) in [6.07, 6.45) is 0. The van der Waals surface area contributed by atoms with Crippen molar-refractivity contribution in [3.63, 3.8) is 0 Å². The predicted molar refractivity (Wildman–Crippen MR) is 106 cm³/mol. The molecule has 1 aliphatic rings. The predicted octanol–water partition coefficient (Wildman–Crippen LogP) is 1.12. The summed E-state index contributed by atoms with van der Waals surface area (Å²) in [5.74, 6) is -0.664. The van der Waals surface area contributed by atoms with Crippen LogP contribution in [0.4, 0.5) is 5.69 Å². The number of aromatic carboxylic acids is 1. The molecule has 0 aromatic heterocycles. The van der Waals surface area contributed by atoms with Crippen LogP contribution in [0.3, 0.4) is 0 Å². The highest BCUT2D eigenvalue weighted by atomic mass is 16.5. The first kappa shape index (κ1) is 20.3. The normalized spacial score (nSPS) is 14.4. The summed E-state index contributed by atoms with van der Waals surface area (Å²) in [5.41, 5.74) is 5.28. The maximum Gasteiger partial charge on any atom is 0.260 e. The van der Waals surface area contributed by atoms with Crippen LogP contribution in [0, 0.1) is 0 Å². The van der Waals surface area contributed by atoms with Gasteiger partial charge in [-0.1, -0.05) is 12.1 Å². The van der Waals surface area contributed by atoms with E-state index in [1.54, 1.807) is 29.2 Å². The molecule has 1 fully saturated rings. The van der Waals surface area contributed by atoms with Crippen LogP contribution in [0.25, 0.3) is 0 Å². The molecule has 2 aromatic rings. The van der Waals surface area contributed by atoms with Crippen LogP contribution < -0.4 is 15.3 Å². The Morgan fingerprint density at radius 3 is 2.31 bits per heavy atom. The molecule has 8 nitrogen and oxygen atoms in total. The summed E-state index contributed by atoms with van der Waals surface area (Å²) in [6.45, 7) is 4.16. The van der Waals surface area contributed by atoms with Crippen molar-refractivity contribution < 1.29 is 24.2 Å². The van der Waals surface area contributed by atoms with Crippen molar-refractivity contribution in [2.45, 2.75) is 6.92 Å². The van der Waals surface area contributed by atoms with Crippen LogP contribution in [0.15, 0.2) is 53.6 Å². The molecule has 1 saturated heterocycles. The first-order valence-corrected chi connectivity index (χ1v) is 9.23. The third-order valence-electron chi connectivity index (χ3n) is 4.47. The molecule has 29 heavy (non-hydrogen) atoms. The number of benzene rings is 2. The van der Waals surface area contributed by atoms with Crippen LogP contribution in [0.2, 0.25) is 0 Å². The van der Waals surface area contributed by atoms with E-state index in [1.165, 1.54) is 12.1 Å². The van der Waals surface area contributed by atoms with Gasteiger partial charge in [0, 0.05) is 13.1 Å². The van der Waals surface area contributed by atoms with Gasteiger partial charge in [0.15, 0.2) is 6.61 Å². The second-order valence-corrected chi connectivity index (χ2v) is 6.48. The zero-order valence-electron chi connectivity index (χ0n) is 16.1. The van der Waals surface area contributed by atoms with Gasteiger partial charge in [-0.3, -0.25) is 10.2 Å². The maximum absolute atomic E-state index is 12.1. The van der Waals surface area contributed by atoms with Gasteiger partial charge >= 0.3 is 0 Å². The number of anilines is 1. The molecule has 0 saturated carbocycles. The van der Waals surface area contributed by atoms with Crippen LogP contribution in [-0.4, -0.2) is 55.4 Å². The van der Waals surface area contributed by atoms with Crippen molar-refractivity contribution in [3.8, 4) is 5.75 Å². The number of carbonyl (C=O) groups excluding carboxylic acids is 2. The average molecular weight is 396 g/mol. The molecule has 152 valence electrons. The summed E-state index contributed by atoms with van der Waals surface area (Å²) in [5, 5.41) is 15.1. The Morgan fingerprint density at radius 1 is 1.07 bits per heavy atom. The van der Waals surface area contributed by atoms with Crippen molar-refractivity contribution >= 4 is 23.3 Å². The van der Waals surface area contributed by atoms with Gasteiger partial charge in [0.25, 0.3) is 5.91 Å². The van der Waals surface area contributed by atoms with Gasteiger partial charge in [-0.2, -0.15) is 5.10 Å². The summed E-state index contributed by atoms with van der Waals surface area (Å²) in [7, 11) is 0. The lowest BCUT2D eigenvalue weighted by atomic mass is 10.1. The van der Waals surface area contributed by atoms with E-state index in [-0.39, 0.29) is 18.1 Å². The molecule has 0 spiro atoms. The molecule has 1 heterocycles. The second kappa shape index (κ2) is 9.70. The average Bonchev–Trinajstić information content (AvgIpc) is 2.77. The lowest BCUT2D eigenvalue weighted by Crippen LogP contribution is -2.42. The van der Waals surface area contributed by atoms with E-state index < -0.39 is 5.97 Å². The fraction of sp³-hybridized carbons (Fsp3) is 0.286. The monoisotopic (exact) mass is 396 g/mol. The van der Waals surface area contributed by atoms with E-state index in [9.17, 15) is 14.7 Å². The fourth-order valence-corrected chi connectivity index (χ4v) is 2.74. The number of morpholine rings is 1. The number of hydrogen-bond donors (Lipinski definition) is 1. The number of carbonyl (C=O) groups is 2. The first-order chi connectivity index (χ1) is 14.0. The molecule has 0 atom stereocenters. The van der Waals surface area contributed by atoms with Crippen LogP contribution in [-0.2, 0) is 9.53 Å². The molecule has 0 aliphatic carbocycles. The first-order valence-electron chi connectivity index (χ1n) is 9.23. The van der Waals surface area contributed by atoms with E-state index in [0.717, 1.165) is 11.3 Å².